The van der Waals surface area contributed by atoms with E-state index in [9.17, 15) is 4.79 Å². The fraction of sp³-hybridized carbons (Fsp3) is 0.350. The van der Waals surface area contributed by atoms with E-state index in [-0.39, 0.29) is 11.9 Å². The lowest BCUT2D eigenvalue weighted by molar-refractivity contribution is 0.0162. The van der Waals surface area contributed by atoms with Gasteiger partial charge in [-0.1, -0.05) is 24.3 Å². The summed E-state index contributed by atoms with van der Waals surface area (Å²) in [6.07, 6.45) is 0. The molecule has 1 atom stereocenters. The van der Waals surface area contributed by atoms with Gasteiger partial charge in [0.05, 0.1) is 31.9 Å². The summed E-state index contributed by atoms with van der Waals surface area (Å²) in [6.45, 7) is 3.62. The molecule has 0 bridgehead atoms. The van der Waals surface area contributed by atoms with Crippen LogP contribution in [0.25, 0.3) is 0 Å². The molecule has 1 heterocycles. The van der Waals surface area contributed by atoms with E-state index >= 15 is 0 Å². The van der Waals surface area contributed by atoms with Crippen molar-refractivity contribution >= 4 is 21.8 Å². The molecule has 0 aromatic heterocycles. The molecule has 1 N–H and O–H groups in total. The molecule has 5 nitrogen and oxygen atoms in total. The van der Waals surface area contributed by atoms with Crippen molar-refractivity contribution in [3.63, 3.8) is 0 Å². The Labute approximate surface area is 162 Å². The number of amides is 1. The lowest BCUT2D eigenvalue weighted by Gasteiger charge is -2.35. The summed E-state index contributed by atoms with van der Waals surface area (Å²) in [4.78, 5) is 14.9. The summed E-state index contributed by atoms with van der Waals surface area (Å²) < 4.78 is 11.6. The Morgan fingerprint density at radius 1 is 1.23 bits per heavy atom. The molecular formula is C20H23BrN2O3. The van der Waals surface area contributed by atoms with Crippen molar-refractivity contribution in [2.75, 3.05) is 40.0 Å². The number of halogens is 1. The van der Waals surface area contributed by atoms with E-state index in [1.54, 1.807) is 7.11 Å². The highest BCUT2D eigenvalue weighted by molar-refractivity contribution is 9.10. The molecule has 1 saturated heterocycles. The van der Waals surface area contributed by atoms with Crippen molar-refractivity contribution in [1.29, 1.82) is 0 Å². The molecule has 138 valence electrons. The molecule has 1 aliphatic rings. The van der Waals surface area contributed by atoms with Gasteiger partial charge in [0.15, 0.2) is 0 Å². The van der Waals surface area contributed by atoms with Crippen LogP contribution in [0.4, 0.5) is 0 Å². The van der Waals surface area contributed by atoms with Crippen LogP contribution in [0.2, 0.25) is 0 Å². The number of nitrogens with one attached hydrogen (secondary N) is 1. The maximum absolute atomic E-state index is 12.6. The molecule has 0 aliphatic carbocycles. The first kappa shape index (κ1) is 18.9. The second kappa shape index (κ2) is 9.16. The highest BCUT2D eigenvalue weighted by atomic mass is 79.9. The number of nitrogens with zero attached hydrogens (tertiary/aromatic N) is 1. The largest absolute Gasteiger partial charge is 0.497 e. The zero-order valence-corrected chi connectivity index (χ0v) is 16.4. The maximum Gasteiger partial charge on any atom is 0.252 e. The Balaban J connectivity index is 1.77. The fourth-order valence-corrected chi connectivity index (χ4v) is 3.59. The lowest BCUT2D eigenvalue weighted by atomic mass is 10.0. The molecule has 1 amide bonds. The van der Waals surface area contributed by atoms with E-state index in [0.717, 1.165) is 28.9 Å². The third kappa shape index (κ3) is 4.63. The highest BCUT2D eigenvalue weighted by Crippen LogP contribution is 2.25. The van der Waals surface area contributed by atoms with Gasteiger partial charge in [-0.2, -0.15) is 0 Å². The SMILES string of the molecule is COc1cccc(C(CNC(=O)c2ccccc2Br)N2CCOCC2)c1. The zero-order chi connectivity index (χ0) is 18.4. The van der Waals surface area contributed by atoms with Crippen molar-refractivity contribution in [3.8, 4) is 5.75 Å². The molecule has 3 rings (SSSR count). The van der Waals surface area contributed by atoms with Gasteiger partial charge in [0.2, 0.25) is 0 Å². The summed E-state index contributed by atoms with van der Waals surface area (Å²) in [5.74, 6) is 0.733. The quantitative estimate of drug-likeness (QED) is 0.781. The van der Waals surface area contributed by atoms with Crippen molar-refractivity contribution in [2.24, 2.45) is 0 Å². The van der Waals surface area contributed by atoms with Crippen LogP contribution in [0.1, 0.15) is 22.0 Å². The molecule has 2 aromatic rings. The Kier molecular flexibility index (Phi) is 6.66. The van der Waals surface area contributed by atoms with Crippen molar-refractivity contribution < 1.29 is 14.3 Å². The molecule has 1 fully saturated rings. The summed E-state index contributed by atoms with van der Waals surface area (Å²) in [6, 6.07) is 15.5. The van der Waals surface area contributed by atoms with Gasteiger partial charge in [-0.05, 0) is 45.8 Å². The second-order valence-electron chi connectivity index (χ2n) is 6.13. The Bertz CT molecular complexity index is 747. The molecule has 6 heteroatoms. The first-order valence-corrected chi connectivity index (χ1v) is 9.47. The Morgan fingerprint density at radius 3 is 2.73 bits per heavy atom. The summed E-state index contributed by atoms with van der Waals surface area (Å²) in [5.41, 5.74) is 1.76. The molecule has 0 spiro atoms. The molecule has 1 unspecified atom stereocenters. The van der Waals surface area contributed by atoms with E-state index in [1.165, 1.54) is 0 Å². The number of hydrogen-bond donors (Lipinski definition) is 1. The molecule has 2 aromatic carbocycles. The first-order valence-electron chi connectivity index (χ1n) is 8.67. The maximum atomic E-state index is 12.6. The van der Waals surface area contributed by atoms with Crippen LogP contribution in [0.5, 0.6) is 5.75 Å². The lowest BCUT2D eigenvalue weighted by Crippen LogP contribution is -2.43. The van der Waals surface area contributed by atoms with Gasteiger partial charge in [0.25, 0.3) is 5.91 Å². The minimum absolute atomic E-state index is 0.0698. The monoisotopic (exact) mass is 418 g/mol. The summed E-state index contributed by atoms with van der Waals surface area (Å²) in [5, 5.41) is 3.08. The zero-order valence-electron chi connectivity index (χ0n) is 14.8. The number of carbonyl (C=O) groups excluding carboxylic acids is 1. The number of hydrogen-bond acceptors (Lipinski definition) is 4. The summed E-state index contributed by atoms with van der Waals surface area (Å²) >= 11 is 3.44. The number of morpholine rings is 1. The van der Waals surface area contributed by atoms with Crippen LogP contribution in [-0.4, -0.2) is 50.8 Å². The number of carbonyl (C=O) groups is 1. The first-order chi connectivity index (χ1) is 12.7. The van der Waals surface area contributed by atoms with Gasteiger partial charge in [-0.25, -0.2) is 0 Å². The van der Waals surface area contributed by atoms with E-state index < -0.39 is 0 Å². The van der Waals surface area contributed by atoms with Crippen LogP contribution in [0.3, 0.4) is 0 Å². The average molecular weight is 419 g/mol. The molecule has 0 radical (unpaired) electrons. The van der Waals surface area contributed by atoms with Crippen LogP contribution in [-0.2, 0) is 4.74 Å². The Hall–Kier alpha value is -1.89. The van der Waals surface area contributed by atoms with Gasteiger partial charge in [0.1, 0.15) is 5.75 Å². The predicted octanol–water partition coefficient (Wildman–Crippen LogP) is 3.26. The number of ether oxygens (including phenoxy) is 2. The van der Waals surface area contributed by atoms with Crippen molar-refractivity contribution in [1.82, 2.24) is 10.2 Å². The number of rotatable bonds is 6. The summed E-state index contributed by atoms with van der Waals surface area (Å²) in [7, 11) is 1.66. The standard InChI is InChI=1S/C20H23BrN2O3/c1-25-16-6-4-5-15(13-16)19(23-9-11-26-12-10-23)14-22-20(24)17-7-2-3-8-18(17)21/h2-8,13,19H,9-12,14H2,1H3,(H,22,24). The van der Waals surface area contributed by atoms with Gasteiger partial charge in [-0.15, -0.1) is 0 Å². The van der Waals surface area contributed by atoms with Crippen molar-refractivity contribution in [3.05, 3.63) is 64.1 Å². The second-order valence-corrected chi connectivity index (χ2v) is 6.98. The van der Waals surface area contributed by atoms with E-state index in [2.05, 4.69) is 32.2 Å². The van der Waals surface area contributed by atoms with Crippen LogP contribution < -0.4 is 10.1 Å². The Morgan fingerprint density at radius 2 is 2.00 bits per heavy atom. The number of methoxy groups -OCH3 is 1. The normalized spacial score (nSPS) is 16.1. The van der Waals surface area contributed by atoms with E-state index in [4.69, 9.17) is 9.47 Å². The topological polar surface area (TPSA) is 50.8 Å². The minimum atomic E-state index is -0.0846. The van der Waals surface area contributed by atoms with Crippen LogP contribution in [0.15, 0.2) is 53.0 Å². The number of benzene rings is 2. The van der Waals surface area contributed by atoms with Crippen LogP contribution in [0, 0.1) is 0 Å². The van der Waals surface area contributed by atoms with Gasteiger partial charge in [0, 0.05) is 24.1 Å². The van der Waals surface area contributed by atoms with Gasteiger partial charge < -0.3 is 14.8 Å². The molecule has 0 saturated carbocycles. The van der Waals surface area contributed by atoms with E-state index in [0.29, 0.717) is 25.3 Å². The van der Waals surface area contributed by atoms with E-state index in [1.807, 2.05) is 42.5 Å². The average Bonchev–Trinajstić information content (AvgIpc) is 2.69. The smallest absolute Gasteiger partial charge is 0.252 e. The van der Waals surface area contributed by atoms with Crippen LogP contribution >= 0.6 is 15.9 Å². The fourth-order valence-electron chi connectivity index (χ4n) is 3.13. The van der Waals surface area contributed by atoms with Crippen molar-refractivity contribution in [2.45, 2.75) is 6.04 Å². The third-order valence-corrected chi connectivity index (χ3v) is 5.23. The third-order valence-electron chi connectivity index (χ3n) is 4.54. The molecule has 1 aliphatic heterocycles. The minimum Gasteiger partial charge on any atom is -0.497 e. The predicted molar refractivity (Wildman–Crippen MR) is 105 cm³/mol. The molecule has 26 heavy (non-hydrogen) atoms. The van der Waals surface area contributed by atoms with Gasteiger partial charge >= 0.3 is 0 Å². The molecular weight excluding hydrogens is 396 g/mol. The van der Waals surface area contributed by atoms with Gasteiger partial charge in [-0.3, -0.25) is 9.69 Å². The highest BCUT2D eigenvalue weighted by Gasteiger charge is 2.24.